The number of aromatic amines is 1. The monoisotopic (exact) mass is 552 g/mol. The Hall–Kier alpha value is -4.25. The van der Waals surface area contributed by atoms with Crippen molar-refractivity contribution in [1.29, 1.82) is 0 Å². The predicted molar refractivity (Wildman–Crippen MR) is 159 cm³/mol. The Morgan fingerprint density at radius 2 is 1.93 bits per heavy atom. The number of likely N-dealkylation sites (N-methyl/N-ethyl adjacent to an activating group) is 1. The lowest BCUT2D eigenvalue weighted by molar-refractivity contribution is -0.903. The summed E-state index contributed by atoms with van der Waals surface area (Å²) in [5.41, 5.74) is 7.22. The van der Waals surface area contributed by atoms with E-state index in [-0.39, 0.29) is 11.7 Å². The average molecular weight is 553 g/mol. The number of benzene rings is 1. The zero-order valence-electron chi connectivity index (χ0n) is 25.0. The summed E-state index contributed by atoms with van der Waals surface area (Å²) in [5.74, 6) is -0.253. The summed E-state index contributed by atoms with van der Waals surface area (Å²) in [4.78, 5) is 41.7. The van der Waals surface area contributed by atoms with E-state index in [2.05, 4.69) is 26.7 Å². The SMILES string of the molecule is CC.CNC(=O)c1c(C)[nH]c(/C=C(\C)c2cc(CC[N+](C)(C)Cc3c([N+](=O)[O-])ncn3C)ccc2NC=O)c1C. The number of rotatable bonds is 11. The van der Waals surface area contributed by atoms with Gasteiger partial charge in [-0.1, -0.05) is 19.9 Å². The molecule has 0 atom stereocenters. The Balaban J connectivity index is 0.00000274. The molecular formula is C29H42N7O4+. The molecule has 3 rings (SSSR count). The van der Waals surface area contributed by atoms with Crippen molar-refractivity contribution in [2.45, 2.75) is 47.6 Å². The first-order chi connectivity index (χ1) is 18.9. The van der Waals surface area contributed by atoms with Crippen LogP contribution in [0.25, 0.3) is 11.6 Å². The number of aryl methyl sites for hydroxylation is 2. The normalized spacial score (nSPS) is 11.5. The van der Waals surface area contributed by atoms with Gasteiger partial charge in [0.1, 0.15) is 6.54 Å². The van der Waals surface area contributed by atoms with E-state index >= 15 is 0 Å². The van der Waals surface area contributed by atoms with E-state index in [1.54, 1.807) is 18.7 Å². The van der Waals surface area contributed by atoms with Crippen LogP contribution in [0.2, 0.25) is 0 Å². The highest BCUT2D eigenvalue weighted by molar-refractivity contribution is 5.98. The zero-order valence-corrected chi connectivity index (χ0v) is 25.0. The molecule has 0 aliphatic carbocycles. The number of nitrogens with one attached hydrogen (secondary N) is 3. The second-order valence-electron chi connectivity index (χ2n) is 10.2. The Labute approximate surface area is 236 Å². The summed E-state index contributed by atoms with van der Waals surface area (Å²) in [6.07, 6.45) is 4.83. The molecule has 0 fully saturated rings. The molecule has 0 spiro atoms. The predicted octanol–water partition coefficient (Wildman–Crippen LogP) is 4.61. The van der Waals surface area contributed by atoms with E-state index < -0.39 is 4.92 Å². The molecule has 216 valence electrons. The largest absolute Gasteiger partial charge is 0.390 e. The molecule has 3 N–H and O–H groups in total. The maximum absolute atomic E-state index is 12.3. The third-order valence-corrected chi connectivity index (χ3v) is 6.81. The summed E-state index contributed by atoms with van der Waals surface area (Å²) in [6.45, 7) is 10.9. The van der Waals surface area contributed by atoms with Crippen LogP contribution in [-0.2, 0) is 24.8 Å². The first-order valence-corrected chi connectivity index (χ1v) is 13.3. The van der Waals surface area contributed by atoms with E-state index in [4.69, 9.17) is 0 Å². The van der Waals surface area contributed by atoms with Gasteiger partial charge in [0, 0.05) is 43.2 Å². The fraction of sp³-hybridized carbons (Fsp3) is 0.414. The van der Waals surface area contributed by atoms with Crippen molar-refractivity contribution in [3.63, 3.8) is 0 Å². The van der Waals surface area contributed by atoms with Gasteiger partial charge >= 0.3 is 5.82 Å². The molecule has 0 saturated heterocycles. The van der Waals surface area contributed by atoms with Crippen molar-refractivity contribution in [3.8, 4) is 0 Å². The first-order valence-electron chi connectivity index (χ1n) is 13.3. The molecule has 0 saturated carbocycles. The van der Waals surface area contributed by atoms with E-state index in [1.807, 2.05) is 66.9 Å². The molecule has 0 bridgehead atoms. The molecule has 3 aromatic rings. The minimum Gasteiger partial charge on any atom is -0.358 e. The van der Waals surface area contributed by atoms with Crippen molar-refractivity contribution < 1.29 is 19.0 Å². The number of H-pyrrole nitrogens is 1. The lowest BCUT2D eigenvalue weighted by Gasteiger charge is -2.29. The van der Waals surface area contributed by atoms with Crippen LogP contribution in [0.4, 0.5) is 11.5 Å². The second-order valence-corrected chi connectivity index (χ2v) is 10.2. The Bertz CT molecular complexity index is 1400. The third-order valence-electron chi connectivity index (χ3n) is 6.81. The zero-order chi connectivity index (χ0) is 30.2. The van der Waals surface area contributed by atoms with Crippen LogP contribution >= 0.6 is 0 Å². The van der Waals surface area contributed by atoms with Gasteiger partial charge in [-0.25, -0.2) is 0 Å². The van der Waals surface area contributed by atoms with Gasteiger partial charge in [-0.2, -0.15) is 0 Å². The maximum Gasteiger partial charge on any atom is 0.390 e. The van der Waals surface area contributed by atoms with Crippen molar-refractivity contribution in [2.24, 2.45) is 7.05 Å². The highest BCUT2D eigenvalue weighted by Crippen LogP contribution is 2.29. The maximum atomic E-state index is 12.3. The van der Waals surface area contributed by atoms with Crippen LogP contribution in [0.3, 0.4) is 0 Å². The van der Waals surface area contributed by atoms with Crippen molar-refractivity contribution >= 4 is 35.5 Å². The molecule has 1 aromatic carbocycles. The van der Waals surface area contributed by atoms with E-state index in [1.165, 1.54) is 6.33 Å². The molecule has 11 heteroatoms. The summed E-state index contributed by atoms with van der Waals surface area (Å²) in [5, 5.41) is 16.8. The topological polar surface area (TPSA) is 135 Å². The molecule has 2 amide bonds. The van der Waals surface area contributed by atoms with Crippen molar-refractivity contribution in [3.05, 3.63) is 74.0 Å². The lowest BCUT2D eigenvalue weighted by Crippen LogP contribution is -2.41. The number of aromatic nitrogens is 3. The summed E-state index contributed by atoms with van der Waals surface area (Å²) in [7, 11) is 7.44. The number of anilines is 1. The minimum atomic E-state index is -0.444. The average Bonchev–Trinajstić information content (AvgIpc) is 3.41. The lowest BCUT2D eigenvalue weighted by atomic mass is 9.98. The second kappa shape index (κ2) is 13.7. The highest BCUT2D eigenvalue weighted by Gasteiger charge is 2.27. The van der Waals surface area contributed by atoms with E-state index in [0.717, 1.165) is 46.6 Å². The van der Waals surface area contributed by atoms with Crippen LogP contribution in [-0.4, -0.2) is 63.9 Å². The number of carbonyl (C=O) groups is 2. The minimum absolute atomic E-state index is 0.111. The van der Waals surface area contributed by atoms with Crippen LogP contribution < -0.4 is 10.6 Å². The van der Waals surface area contributed by atoms with Crippen LogP contribution in [0.5, 0.6) is 0 Å². The summed E-state index contributed by atoms with van der Waals surface area (Å²) in [6, 6.07) is 5.91. The van der Waals surface area contributed by atoms with Gasteiger partial charge in [0.05, 0.1) is 26.2 Å². The quantitative estimate of drug-likeness (QED) is 0.138. The number of nitrogens with zero attached hydrogens (tertiary/aromatic N) is 4. The third kappa shape index (κ3) is 7.44. The molecule has 0 aliphatic rings. The molecule has 0 aliphatic heterocycles. The molecule has 0 unspecified atom stereocenters. The Morgan fingerprint density at radius 1 is 1.25 bits per heavy atom. The van der Waals surface area contributed by atoms with Gasteiger partial charge in [-0.15, -0.1) is 0 Å². The van der Waals surface area contributed by atoms with Crippen LogP contribution in [0.1, 0.15) is 64.9 Å². The molecule has 40 heavy (non-hydrogen) atoms. The van der Waals surface area contributed by atoms with Gasteiger partial charge in [0.2, 0.25) is 12.7 Å². The number of hydrogen-bond acceptors (Lipinski definition) is 5. The van der Waals surface area contributed by atoms with Crippen LogP contribution in [0.15, 0.2) is 24.5 Å². The van der Waals surface area contributed by atoms with E-state index in [9.17, 15) is 19.7 Å². The smallest absolute Gasteiger partial charge is 0.358 e. The Morgan fingerprint density at radius 3 is 2.52 bits per heavy atom. The van der Waals surface area contributed by atoms with Gasteiger partial charge in [-0.3, -0.25) is 9.59 Å². The number of nitro groups is 1. The molecule has 2 heterocycles. The number of imidazole rings is 1. The van der Waals surface area contributed by atoms with Gasteiger partial charge in [-0.05, 0) is 65.6 Å². The highest BCUT2D eigenvalue weighted by atomic mass is 16.6. The number of allylic oxidation sites excluding steroid dienone is 1. The van der Waals surface area contributed by atoms with Gasteiger partial charge < -0.3 is 34.8 Å². The molecule has 2 aromatic heterocycles. The van der Waals surface area contributed by atoms with Gasteiger partial charge in [0.15, 0.2) is 5.69 Å². The van der Waals surface area contributed by atoms with Crippen molar-refractivity contribution in [1.82, 2.24) is 19.9 Å². The molecular weight excluding hydrogens is 510 g/mol. The first kappa shape index (κ1) is 32.0. The molecule has 11 nitrogen and oxygen atoms in total. The molecule has 0 radical (unpaired) electrons. The summed E-state index contributed by atoms with van der Waals surface area (Å²) < 4.78 is 2.23. The Kier molecular flexibility index (Phi) is 10.9. The van der Waals surface area contributed by atoms with Crippen molar-refractivity contribution in [2.75, 3.05) is 33.0 Å². The van der Waals surface area contributed by atoms with Crippen LogP contribution in [0, 0.1) is 24.0 Å². The number of carbonyl (C=O) groups excluding carboxylic acids is 2. The standard InChI is InChI=1S/C27H35N7O4.C2H6/c1-17(12-23-18(2)25(19(3)31-23)27(36)28-4)21-13-20(8-9-22(21)30-16-35)10-11-34(6,7)14-24-26(33(37)38)29-15-32(24)5;1-2/h8-9,12-13,15-16H,10-11,14H2,1-7H3,(H2-,28,30,31,35,36);1-2H3/p+1/b17-12+;. The number of hydrogen-bond donors (Lipinski definition) is 3. The van der Waals surface area contributed by atoms with E-state index in [0.29, 0.717) is 34.4 Å². The number of amides is 2. The fourth-order valence-electron chi connectivity index (χ4n) is 4.64. The number of quaternary nitrogens is 1. The van der Waals surface area contributed by atoms with Gasteiger partial charge in [0.25, 0.3) is 5.91 Å². The fourth-order valence-corrected chi connectivity index (χ4v) is 4.64. The summed E-state index contributed by atoms with van der Waals surface area (Å²) >= 11 is 0.